The van der Waals surface area contributed by atoms with Crippen LogP contribution in [0.2, 0.25) is 0 Å². The minimum Gasteiger partial charge on any atom is -0.493 e. The predicted octanol–water partition coefficient (Wildman–Crippen LogP) is 4.52. The number of amides is 5. The number of fused-ring (bicyclic) bond motifs is 8. The van der Waals surface area contributed by atoms with Gasteiger partial charge in [-0.25, -0.2) is 4.79 Å². The molecule has 9 rings (SSSR count). The van der Waals surface area contributed by atoms with Crippen LogP contribution in [0.1, 0.15) is 64.0 Å². The maximum Gasteiger partial charge on any atom is 0.438 e. The molecule has 72 heavy (non-hydrogen) atoms. The number of carbonyl (C=O) groups excluding carboxylic acids is 5. The lowest BCUT2D eigenvalue weighted by molar-refractivity contribution is -0.134. The maximum absolute atomic E-state index is 14.5. The van der Waals surface area contributed by atoms with Gasteiger partial charge in [0.15, 0.2) is 28.4 Å². The van der Waals surface area contributed by atoms with E-state index in [0.29, 0.717) is 29.2 Å². The Balaban J connectivity index is 0.941. The molecular formula is C50H52N8O13S. The minimum absolute atomic E-state index is 0.0387. The summed E-state index contributed by atoms with van der Waals surface area (Å²) in [4.78, 5) is 82.5. The van der Waals surface area contributed by atoms with Crippen molar-refractivity contribution in [2.24, 2.45) is 11.7 Å². The van der Waals surface area contributed by atoms with E-state index in [-0.39, 0.29) is 77.6 Å². The van der Waals surface area contributed by atoms with Gasteiger partial charge in [-0.1, -0.05) is 56.3 Å². The molecular weight excluding hydrogens is 953 g/mol. The Morgan fingerprint density at radius 2 is 1.35 bits per heavy atom. The highest BCUT2D eigenvalue weighted by Crippen LogP contribution is 2.45. The van der Waals surface area contributed by atoms with Crippen molar-refractivity contribution in [3.63, 3.8) is 0 Å². The van der Waals surface area contributed by atoms with E-state index in [1.807, 2.05) is 30.3 Å². The van der Waals surface area contributed by atoms with Crippen molar-refractivity contribution in [3.8, 4) is 23.0 Å². The van der Waals surface area contributed by atoms with Gasteiger partial charge in [-0.15, -0.1) is 0 Å². The first-order valence-electron chi connectivity index (χ1n) is 23.0. The third-order valence-corrected chi connectivity index (χ3v) is 14.1. The molecule has 0 fully saturated rings. The van der Waals surface area contributed by atoms with E-state index in [4.69, 9.17) is 34.5 Å². The quantitative estimate of drug-likeness (QED) is 0.0802. The smallest absolute Gasteiger partial charge is 0.438 e. The standard InChI is InChI=1S/C50H52N8O13S/c1-26(2)44(51)46(60)52-27(3)45(59)55-71-50(63)56-23-32-17-28-11-6-8-15-36(28)57(32)49(62)34-20-41(68-5)43(22-38(34)56)70-25-31-14-10-13-30(53-31)24-69-42-21-35-33(19-40(42)67-4)48(61)58-37-16-9-7-12-29(37)18-39(58)47(54-35)72(64,65)66/h6-16,19-22,26-27,32,39,44,47,54H,17-18,23-25,51H2,1-5H3,(H,52,60)(H,55,59)(H,64,65,66)/t27?,32-,39-,44?,47?/m0/s1. The van der Waals surface area contributed by atoms with Gasteiger partial charge in [-0.2, -0.15) is 13.9 Å². The molecule has 376 valence electrons. The number of nitrogens with two attached hydrogens (primary N) is 1. The van der Waals surface area contributed by atoms with E-state index in [2.05, 4.69) is 16.1 Å². The Kier molecular flexibility index (Phi) is 13.4. The molecule has 4 aliphatic heterocycles. The van der Waals surface area contributed by atoms with Gasteiger partial charge in [-0.05, 0) is 73.2 Å². The van der Waals surface area contributed by atoms with E-state index >= 15 is 0 Å². The van der Waals surface area contributed by atoms with Crippen LogP contribution in [0.15, 0.2) is 91.0 Å². The summed E-state index contributed by atoms with van der Waals surface area (Å²) in [6.07, 6.45) is -0.396. The lowest BCUT2D eigenvalue weighted by Gasteiger charge is -2.27. The van der Waals surface area contributed by atoms with Crippen LogP contribution in [0.25, 0.3) is 0 Å². The summed E-state index contributed by atoms with van der Waals surface area (Å²) in [7, 11) is -1.92. The molecule has 5 atom stereocenters. The summed E-state index contributed by atoms with van der Waals surface area (Å²) in [5, 5.41) is 3.85. The molecule has 0 saturated heterocycles. The molecule has 0 aliphatic carbocycles. The molecule has 4 aliphatic rings. The molecule has 5 amide bonds. The number of hydroxylamine groups is 1. The van der Waals surface area contributed by atoms with Crippen LogP contribution < -0.4 is 55.5 Å². The number of anilines is 4. The molecule has 6 N–H and O–H groups in total. The van der Waals surface area contributed by atoms with Crippen LogP contribution in [-0.2, 0) is 50.6 Å². The topological polar surface area (TPSA) is 271 Å². The fraction of sp³-hybridized carbons (Fsp3) is 0.320. The average Bonchev–Trinajstić information content (AvgIpc) is 3.87. The third-order valence-electron chi connectivity index (χ3n) is 13.1. The summed E-state index contributed by atoms with van der Waals surface area (Å²) in [5.74, 6) is -1.82. The number of nitrogens with one attached hydrogen (secondary N) is 3. The highest BCUT2D eigenvalue weighted by atomic mass is 32.2. The van der Waals surface area contributed by atoms with Crippen molar-refractivity contribution in [3.05, 3.63) is 125 Å². The molecule has 5 heterocycles. The number of hydrogen-bond donors (Lipinski definition) is 5. The third kappa shape index (κ3) is 9.38. The molecule has 22 heteroatoms. The fourth-order valence-electron chi connectivity index (χ4n) is 9.32. The normalized spacial score (nSPS) is 18.4. The van der Waals surface area contributed by atoms with Gasteiger partial charge in [0.1, 0.15) is 19.3 Å². The second-order valence-electron chi connectivity index (χ2n) is 18.0. The molecule has 0 saturated carbocycles. The highest BCUT2D eigenvalue weighted by molar-refractivity contribution is 7.86. The van der Waals surface area contributed by atoms with Crippen molar-refractivity contribution >= 4 is 62.6 Å². The maximum atomic E-state index is 14.5. The summed E-state index contributed by atoms with van der Waals surface area (Å²) in [6, 6.07) is 22.1. The first-order chi connectivity index (χ1) is 34.4. The first kappa shape index (κ1) is 49.0. The lowest BCUT2D eigenvalue weighted by atomic mass is 10.0. The van der Waals surface area contributed by atoms with E-state index in [1.165, 1.54) is 55.2 Å². The van der Waals surface area contributed by atoms with E-state index in [0.717, 1.165) is 11.1 Å². The van der Waals surface area contributed by atoms with Crippen molar-refractivity contribution in [2.45, 2.75) is 76.4 Å². The molecule has 3 unspecified atom stereocenters. The van der Waals surface area contributed by atoms with E-state index < -0.39 is 69.4 Å². The molecule has 4 aromatic carbocycles. The van der Waals surface area contributed by atoms with Gasteiger partial charge in [0, 0.05) is 23.5 Å². The van der Waals surface area contributed by atoms with Crippen LogP contribution in [0.4, 0.5) is 27.5 Å². The monoisotopic (exact) mass is 1000 g/mol. The SMILES string of the molecule is COc1cc2c(cc1OCc1cccc(COc3cc4c(cc3OC)C(=O)N3c5ccccc5C[C@H]3CN4C(=O)ONC(=O)C(C)NC(=O)C(N)C(C)C)n1)NC(S(=O)(=O)O)[C@@H]1Cc3ccccc3N1C2=O. The number of ether oxygens (including phenoxy) is 4. The van der Waals surface area contributed by atoms with Crippen molar-refractivity contribution in [2.75, 3.05) is 40.8 Å². The molecule has 21 nitrogen and oxygen atoms in total. The predicted molar refractivity (Wildman–Crippen MR) is 262 cm³/mol. The van der Waals surface area contributed by atoms with Gasteiger partial charge in [-0.3, -0.25) is 33.6 Å². The van der Waals surface area contributed by atoms with Gasteiger partial charge in [0.25, 0.3) is 27.8 Å². The van der Waals surface area contributed by atoms with Crippen LogP contribution in [-0.4, -0.2) is 98.0 Å². The summed E-state index contributed by atoms with van der Waals surface area (Å²) in [5.41, 5.74) is 12.3. The summed E-state index contributed by atoms with van der Waals surface area (Å²) >= 11 is 0. The molecule has 0 bridgehead atoms. The van der Waals surface area contributed by atoms with Crippen molar-refractivity contribution < 1.29 is 60.7 Å². The fourth-order valence-corrected chi connectivity index (χ4v) is 10.2. The van der Waals surface area contributed by atoms with Crippen LogP contribution in [0, 0.1) is 5.92 Å². The lowest BCUT2D eigenvalue weighted by Crippen LogP contribution is -2.52. The largest absolute Gasteiger partial charge is 0.493 e. The van der Waals surface area contributed by atoms with Crippen molar-refractivity contribution in [1.82, 2.24) is 15.8 Å². The Bertz CT molecular complexity index is 3120. The highest BCUT2D eigenvalue weighted by Gasteiger charge is 2.48. The van der Waals surface area contributed by atoms with Gasteiger partial charge in [0.05, 0.1) is 72.8 Å². The number of methoxy groups -OCH3 is 2. The Morgan fingerprint density at radius 1 is 0.764 bits per heavy atom. The average molecular weight is 1010 g/mol. The number of aromatic nitrogens is 1. The van der Waals surface area contributed by atoms with E-state index in [1.54, 1.807) is 55.1 Å². The molecule has 0 spiro atoms. The second kappa shape index (κ2) is 19.7. The second-order valence-corrected chi connectivity index (χ2v) is 19.6. The number of nitrogens with zero attached hydrogens (tertiary/aromatic N) is 4. The number of rotatable bonds is 13. The Morgan fingerprint density at radius 3 is 1.97 bits per heavy atom. The van der Waals surface area contributed by atoms with Crippen LogP contribution in [0.3, 0.4) is 0 Å². The van der Waals surface area contributed by atoms with Gasteiger partial charge >= 0.3 is 6.09 Å². The Labute approximate surface area is 414 Å². The molecule has 1 aromatic heterocycles. The van der Waals surface area contributed by atoms with Gasteiger partial charge in [0.2, 0.25) is 5.91 Å². The van der Waals surface area contributed by atoms with Gasteiger partial charge < -0.3 is 50.0 Å². The van der Waals surface area contributed by atoms with Crippen molar-refractivity contribution in [1.29, 1.82) is 0 Å². The van der Waals surface area contributed by atoms with Crippen LogP contribution >= 0.6 is 0 Å². The Hall–Kier alpha value is -7.95. The minimum atomic E-state index is -4.72. The summed E-state index contributed by atoms with van der Waals surface area (Å²) in [6.45, 7) is 4.66. The number of pyridine rings is 1. The molecule has 0 radical (unpaired) electrons. The summed E-state index contributed by atoms with van der Waals surface area (Å²) < 4.78 is 59.8. The van der Waals surface area contributed by atoms with E-state index in [9.17, 15) is 36.9 Å². The number of para-hydroxylation sites is 2. The number of benzene rings is 4. The van der Waals surface area contributed by atoms with Crippen LogP contribution in [0.5, 0.6) is 23.0 Å². The number of carbonyl (C=O) groups is 5. The zero-order valence-electron chi connectivity index (χ0n) is 39.8. The molecule has 5 aromatic rings. The zero-order valence-corrected chi connectivity index (χ0v) is 40.6. The number of hydrogen-bond acceptors (Lipinski definition) is 15. The zero-order chi connectivity index (χ0) is 51.2. The first-order valence-corrected chi connectivity index (χ1v) is 24.5.